The van der Waals surface area contributed by atoms with Gasteiger partial charge in [-0.25, -0.2) is 4.98 Å². The molecule has 0 radical (unpaired) electrons. The molecule has 1 aliphatic rings. The van der Waals surface area contributed by atoms with E-state index in [-0.39, 0.29) is 0 Å². The number of pyridine rings is 1. The highest BCUT2D eigenvalue weighted by Gasteiger charge is 2.18. The minimum absolute atomic E-state index is 0.906. The van der Waals surface area contributed by atoms with Crippen LogP contribution in [-0.4, -0.2) is 76.6 Å². The Labute approximate surface area is 151 Å². The van der Waals surface area contributed by atoms with Crippen LogP contribution in [-0.2, 0) is 26.1 Å². The molecule has 2 aromatic heterocycles. The van der Waals surface area contributed by atoms with E-state index >= 15 is 0 Å². The number of likely N-dealkylation sites (N-methyl/N-ethyl adjacent to an activating group) is 1. The summed E-state index contributed by atoms with van der Waals surface area (Å²) in [6.45, 7) is 7.32. The summed E-state index contributed by atoms with van der Waals surface area (Å²) in [7, 11) is 6.44. The van der Waals surface area contributed by atoms with Crippen LogP contribution in [0, 0.1) is 0 Å². The standard InChI is InChI=1S/C19H30N6/c1-22(2)9-10-24-8-6-19-21-14-18(25(19)12-11-24)16-23(3)15-17-5-4-7-20-13-17/h4-5,7,13-14H,6,8-12,15-16H2,1-3H3. The second-order valence-electron chi connectivity index (χ2n) is 7.25. The van der Waals surface area contributed by atoms with Gasteiger partial charge in [-0.05, 0) is 32.8 Å². The molecule has 0 spiro atoms. The first-order valence-corrected chi connectivity index (χ1v) is 9.09. The Kier molecular flexibility index (Phi) is 6.18. The SMILES string of the molecule is CN(C)CCN1CCc2ncc(CN(C)Cc3cccnc3)n2CC1. The van der Waals surface area contributed by atoms with Gasteiger partial charge in [0.25, 0.3) is 0 Å². The summed E-state index contributed by atoms with van der Waals surface area (Å²) in [6, 6.07) is 4.12. The second-order valence-corrected chi connectivity index (χ2v) is 7.25. The van der Waals surface area contributed by atoms with Crippen LogP contribution < -0.4 is 0 Å². The van der Waals surface area contributed by atoms with Gasteiger partial charge >= 0.3 is 0 Å². The quantitative estimate of drug-likeness (QED) is 0.759. The monoisotopic (exact) mass is 342 g/mol. The highest BCUT2D eigenvalue weighted by Crippen LogP contribution is 2.14. The molecule has 0 unspecified atom stereocenters. The van der Waals surface area contributed by atoms with Gasteiger partial charge in [-0.2, -0.15) is 0 Å². The highest BCUT2D eigenvalue weighted by molar-refractivity contribution is 5.10. The number of rotatable bonds is 7. The molecule has 0 bridgehead atoms. The van der Waals surface area contributed by atoms with E-state index in [1.54, 1.807) is 0 Å². The summed E-state index contributed by atoms with van der Waals surface area (Å²) >= 11 is 0. The summed E-state index contributed by atoms with van der Waals surface area (Å²) in [5.74, 6) is 1.23. The topological polar surface area (TPSA) is 40.4 Å². The lowest BCUT2D eigenvalue weighted by Gasteiger charge is -2.22. The predicted molar refractivity (Wildman–Crippen MR) is 100 cm³/mol. The maximum Gasteiger partial charge on any atom is 0.110 e. The van der Waals surface area contributed by atoms with Crippen molar-refractivity contribution in [3.8, 4) is 0 Å². The van der Waals surface area contributed by atoms with Crippen LogP contribution in [0.25, 0.3) is 0 Å². The van der Waals surface area contributed by atoms with Crippen LogP contribution in [0.5, 0.6) is 0 Å². The molecule has 2 aromatic rings. The van der Waals surface area contributed by atoms with Crippen molar-refractivity contribution >= 4 is 0 Å². The summed E-state index contributed by atoms with van der Waals surface area (Å²) < 4.78 is 2.43. The third kappa shape index (κ3) is 5.11. The zero-order valence-electron chi connectivity index (χ0n) is 15.7. The van der Waals surface area contributed by atoms with Crippen LogP contribution in [0.2, 0.25) is 0 Å². The maximum atomic E-state index is 4.69. The Morgan fingerprint density at radius 3 is 2.72 bits per heavy atom. The molecule has 6 heteroatoms. The van der Waals surface area contributed by atoms with E-state index in [1.807, 2.05) is 18.5 Å². The third-order valence-electron chi connectivity index (χ3n) is 4.78. The van der Waals surface area contributed by atoms with Gasteiger partial charge < -0.3 is 9.47 Å². The lowest BCUT2D eigenvalue weighted by molar-refractivity contribution is 0.243. The molecule has 0 fully saturated rings. The molecule has 3 heterocycles. The van der Waals surface area contributed by atoms with Gasteiger partial charge in [-0.3, -0.25) is 14.8 Å². The zero-order chi connectivity index (χ0) is 17.6. The van der Waals surface area contributed by atoms with E-state index < -0.39 is 0 Å². The van der Waals surface area contributed by atoms with Gasteiger partial charge in [-0.15, -0.1) is 0 Å². The van der Waals surface area contributed by atoms with Crippen molar-refractivity contribution in [2.45, 2.75) is 26.1 Å². The van der Waals surface area contributed by atoms with Gasteiger partial charge in [-0.1, -0.05) is 6.07 Å². The predicted octanol–water partition coefficient (Wildman–Crippen LogP) is 1.33. The molecule has 0 atom stereocenters. The Balaban J connectivity index is 1.58. The van der Waals surface area contributed by atoms with Crippen LogP contribution in [0.4, 0.5) is 0 Å². The van der Waals surface area contributed by atoms with Crippen molar-refractivity contribution in [3.05, 3.63) is 47.8 Å². The fourth-order valence-electron chi connectivity index (χ4n) is 3.36. The molecule has 1 aliphatic heterocycles. The summed E-state index contributed by atoms with van der Waals surface area (Å²) in [5, 5.41) is 0. The van der Waals surface area contributed by atoms with Crippen molar-refractivity contribution in [3.63, 3.8) is 0 Å². The van der Waals surface area contributed by atoms with Crippen molar-refractivity contribution in [1.29, 1.82) is 0 Å². The van der Waals surface area contributed by atoms with Crippen LogP contribution in [0.1, 0.15) is 17.1 Å². The van der Waals surface area contributed by atoms with Gasteiger partial charge in [0.15, 0.2) is 0 Å². The van der Waals surface area contributed by atoms with E-state index in [4.69, 9.17) is 4.98 Å². The smallest absolute Gasteiger partial charge is 0.110 e. The van der Waals surface area contributed by atoms with E-state index in [0.29, 0.717) is 0 Å². The molecule has 0 saturated heterocycles. The van der Waals surface area contributed by atoms with Crippen molar-refractivity contribution in [2.75, 3.05) is 47.3 Å². The maximum absolute atomic E-state index is 4.69. The first-order chi connectivity index (χ1) is 12.1. The Morgan fingerprint density at radius 2 is 1.96 bits per heavy atom. The molecule has 25 heavy (non-hydrogen) atoms. The molecule has 3 rings (SSSR count). The van der Waals surface area contributed by atoms with Crippen molar-refractivity contribution < 1.29 is 0 Å². The van der Waals surface area contributed by atoms with Crippen molar-refractivity contribution in [2.24, 2.45) is 0 Å². The normalized spacial score (nSPS) is 15.6. The van der Waals surface area contributed by atoms with E-state index in [9.17, 15) is 0 Å². The number of hydrogen-bond acceptors (Lipinski definition) is 5. The Bertz CT molecular complexity index is 651. The Morgan fingerprint density at radius 1 is 1.08 bits per heavy atom. The van der Waals surface area contributed by atoms with Crippen LogP contribution >= 0.6 is 0 Å². The van der Waals surface area contributed by atoms with Gasteiger partial charge in [0, 0.05) is 70.8 Å². The third-order valence-corrected chi connectivity index (χ3v) is 4.78. The molecular formula is C19H30N6. The minimum Gasteiger partial charge on any atom is -0.329 e. The largest absolute Gasteiger partial charge is 0.329 e. The lowest BCUT2D eigenvalue weighted by atomic mass is 10.2. The average molecular weight is 342 g/mol. The van der Waals surface area contributed by atoms with Crippen LogP contribution in [0.15, 0.2) is 30.7 Å². The first-order valence-electron chi connectivity index (χ1n) is 9.09. The molecule has 0 aliphatic carbocycles. The second kappa shape index (κ2) is 8.56. The lowest BCUT2D eigenvalue weighted by Crippen LogP contribution is -2.34. The average Bonchev–Trinajstić information content (AvgIpc) is 2.84. The number of nitrogens with zero attached hydrogens (tertiary/aromatic N) is 6. The number of imidazole rings is 1. The summed E-state index contributed by atoms with van der Waals surface area (Å²) in [6.07, 6.45) is 6.86. The zero-order valence-corrected chi connectivity index (χ0v) is 15.7. The van der Waals surface area contributed by atoms with E-state index in [0.717, 1.165) is 52.2 Å². The molecular weight excluding hydrogens is 312 g/mol. The molecule has 6 nitrogen and oxygen atoms in total. The van der Waals surface area contributed by atoms with E-state index in [2.05, 4.69) is 57.7 Å². The van der Waals surface area contributed by atoms with Crippen LogP contribution in [0.3, 0.4) is 0 Å². The molecule has 0 aromatic carbocycles. The fraction of sp³-hybridized carbons (Fsp3) is 0.579. The molecule has 0 N–H and O–H groups in total. The molecule has 0 amide bonds. The van der Waals surface area contributed by atoms with Crippen molar-refractivity contribution in [1.82, 2.24) is 29.2 Å². The summed E-state index contributed by atoms with van der Waals surface area (Å²) in [5.41, 5.74) is 2.56. The fourth-order valence-corrected chi connectivity index (χ4v) is 3.36. The van der Waals surface area contributed by atoms with Gasteiger partial charge in [0.05, 0.1) is 5.69 Å². The number of aromatic nitrogens is 3. The van der Waals surface area contributed by atoms with E-state index in [1.165, 1.54) is 17.1 Å². The number of hydrogen-bond donors (Lipinski definition) is 0. The van der Waals surface area contributed by atoms with Gasteiger partial charge in [0.1, 0.15) is 5.82 Å². The Hall–Kier alpha value is -1.76. The minimum atomic E-state index is 0.906. The van der Waals surface area contributed by atoms with Gasteiger partial charge in [0.2, 0.25) is 0 Å². The highest BCUT2D eigenvalue weighted by atomic mass is 15.2. The first kappa shape index (κ1) is 18.0. The summed E-state index contributed by atoms with van der Waals surface area (Å²) in [4.78, 5) is 16.0. The number of fused-ring (bicyclic) bond motifs is 1. The molecule has 0 saturated carbocycles. The molecule has 136 valence electrons.